The van der Waals surface area contributed by atoms with Gasteiger partial charge in [0.1, 0.15) is 0 Å². The molecular formula is C6H8N2O2S2. The first-order valence-electron chi connectivity index (χ1n) is 3.08. The first-order valence-corrected chi connectivity index (χ1v) is 5.01. The standard InChI is InChI=1S/C6H8N2O2S2/c7-5-1-3-6(4-2-5)12(9,10)8-11/h1-4,8,11H,7H2. The van der Waals surface area contributed by atoms with Crippen molar-refractivity contribution in [3.63, 3.8) is 0 Å². The number of nitrogen functional groups attached to an aromatic ring is 1. The van der Waals surface area contributed by atoms with Crippen molar-refractivity contribution < 1.29 is 8.42 Å². The highest BCUT2D eigenvalue weighted by atomic mass is 32.3. The van der Waals surface area contributed by atoms with Crippen LogP contribution in [0, 0.1) is 0 Å². The average Bonchev–Trinajstić information content (AvgIpc) is 2.05. The van der Waals surface area contributed by atoms with Gasteiger partial charge in [0.25, 0.3) is 0 Å². The van der Waals surface area contributed by atoms with Crippen molar-refractivity contribution in [3.8, 4) is 0 Å². The van der Waals surface area contributed by atoms with Crippen molar-refractivity contribution >= 4 is 28.5 Å². The van der Waals surface area contributed by atoms with Gasteiger partial charge in [0.2, 0.25) is 10.0 Å². The Morgan fingerprint density at radius 2 is 1.75 bits per heavy atom. The third-order valence-corrected chi connectivity index (χ3v) is 3.16. The van der Waals surface area contributed by atoms with Crippen molar-refractivity contribution in [3.05, 3.63) is 24.3 Å². The van der Waals surface area contributed by atoms with Gasteiger partial charge in [0.05, 0.1) is 4.90 Å². The summed E-state index contributed by atoms with van der Waals surface area (Å²) >= 11 is 3.47. The summed E-state index contributed by atoms with van der Waals surface area (Å²) in [5, 5.41) is 0. The molecule has 66 valence electrons. The largest absolute Gasteiger partial charge is 0.399 e. The summed E-state index contributed by atoms with van der Waals surface area (Å²) in [4.78, 5) is 0.145. The van der Waals surface area contributed by atoms with Gasteiger partial charge in [0.15, 0.2) is 0 Å². The molecule has 1 aromatic carbocycles. The van der Waals surface area contributed by atoms with Crippen LogP contribution in [-0.4, -0.2) is 8.42 Å². The van der Waals surface area contributed by atoms with Crippen LogP contribution in [0.2, 0.25) is 0 Å². The molecule has 0 saturated heterocycles. The molecule has 1 aromatic rings. The zero-order valence-electron chi connectivity index (χ0n) is 6.06. The quantitative estimate of drug-likeness (QED) is 0.482. The second-order valence-electron chi connectivity index (χ2n) is 2.16. The fourth-order valence-electron chi connectivity index (χ4n) is 0.700. The summed E-state index contributed by atoms with van der Waals surface area (Å²) in [7, 11) is -3.46. The lowest BCUT2D eigenvalue weighted by molar-refractivity contribution is 0.595. The summed E-state index contributed by atoms with van der Waals surface area (Å²) in [5.41, 5.74) is 5.90. The van der Waals surface area contributed by atoms with Gasteiger partial charge >= 0.3 is 0 Å². The molecule has 0 aliphatic rings. The SMILES string of the molecule is Nc1ccc(S(=O)(=O)NS)cc1. The molecular weight excluding hydrogens is 196 g/mol. The maximum absolute atomic E-state index is 11.1. The molecule has 0 spiro atoms. The van der Waals surface area contributed by atoms with E-state index in [1.807, 2.05) is 4.13 Å². The van der Waals surface area contributed by atoms with Gasteiger partial charge in [-0.15, -0.1) is 0 Å². The lowest BCUT2D eigenvalue weighted by atomic mass is 10.3. The highest BCUT2D eigenvalue weighted by Crippen LogP contribution is 2.11. The third-order valence-electron chi connectivity index (χ3n) is 1.31. The van der Waals surface area contributed by atoms with Crippen LogP contribution in [0.25, 0.3) is 0 Å². The Kier molecular flexibility index (Phi) is 2.61. The van der Waals surface area contributed by atoms with Gasteiger partial charge in [-0.05, 0) is 24.3 Å². The minimum absolute atomic E-state index is 0.145. The van der Waals surface area contributed by atoms with Gasteiger partial charge in [-0.3, -0.25) is 0 Å². The van der Waals surface area contributed by atoms with E-state index < -0.39 is 10.0 Å². The molecule has 0 heterocycles. The van der Waals surface area contributed by atoms with Crippen LogP contribution in [0.15, 0.2) is 29.2 Å². The number of nitrogens with one attached hydrogen (secondary N) is 1. The van der Waals surface area contributed by atoms with Gasteiger partial charge in [-0.1, -0.05) is 12.8 Å². The van der Waals surface area contributed by atoms with E-state index >= 15 is 0 Å². The monoisotopic (exact) mass is 204 g/mol. The van der Waals surface area contributed by atoms with Crippen molar-refractivity contribution in [1.29, 1.82) is 0 Å². The molecule has 0 aromatic heterocycles. The summed E-state index contributed by atoms with van der Waals surface area (Å²) in [6.07, 6.45) is 0. The summed E-state index contributed by atoms with van der Waals surface area (Å²) in [6.45, 7) is 0. The average molecular weight is 204 g/mol. The van der Waals surface area contributed by atoms with Crippen molar-refractivity contribution in [2.45, 2.75) is 4.90 Å². The molecule has 0 fully saturated rings. The lowest BCUT2D eigenvalue weighted by Crippen LogP contribution is -2.13. The van der Waals surface area contributed by atoms with Crippen LogP contribution in [0.1, 0.15) is 0 Å². The van der Waals surface area contributed by atoms with Gasteiger partial charge in [-0.25, -0.2) is 8.42 Å². The van der Waals surface area contributed by atoms with Crippen LogP contribution >= 0.6 is 12.8 Å². The first kappa shape index (κ1) is 9.37. The minimum Gasteiger partial charge on any atom is -0.399 e. The van der Waals surface area contributed by atoms with Crippen LogP contribution in [-0.2, 0) is 10.0 Å². The van der Waals surface area contributed by atoms with Crippen LogP contribution in [0.3, 0.4) is 0 Å². The first-order chi connectivity index (χ1) is 5.56. The molecule has 1 rings (SSSR count). The van der Waals surface area contributed by atoms with Gasteiger partial charge in [-0.2, -0.15) is 4.13 Å². The van der Waals surface area contributed by atoms with Crippen LogP contribution in [0.4, 0.5) is 5.69 Å². The normalized spacial score (nSPS) is 11.4. The Bertz CT molecular complexity index is 358. The third kappa shape index (κ3) is 1.90. The Balaban J connectivity index is 3.14. The number of hydrogen-bond acceptors (Lipinski definition) is 4. The number of sulfonamides is 1. The molecule has 0 unspecified atom stereocenters. The van der Waals surface area contributed by atoms with Crippen LogP contribution < -0.4 is 9.86 Å². The topological polar surface area (TPSA) is 72.2 Å². The molecule has 0 aliphatic carbocycles. The Hall–Kier alpha value is -0.720. The zero-order chi connectivity index (χ0) is 9.19. The minimum atomic E-state index is -3.46. The second-order valence-corrected chi connectivity index (χ2v) is 4.37. The second kappa shape index (κ2) is 3.34. The van der Waals surface area contributed by atoms with E-state index in [-0.39, 0.29) is 4.90 Å². The molecule has 3 N–H and O–H groups in total. The molecule has 0 atom stereocenters. The summed E-state index contributed by atoms with van der Waals surface area (Å²) in [5.74, 6) is 0. The predicted octanol–water partition coefficient (Wildman–Crippen LogP) is 0.392. The molecule has 0 bridgehead atoms. The fraction of sp³-hybridized carbons (Fsp3) is 0. The van der Waals surface area contributed by atoms with Crippen molar-refractivity contribution in [1.82, 2.24) is 4.13 Å². The van der Waals surface area contributed by atoms with Gasteiger partial charge < -0.3 is 5.73 Å². The number of nitrogens with two attached hydrogens (primary N) is 1. The van der Waals surface area contributed by atoms with E-state index in [0.717, 1.165) is 0 Å². The number of hydrogen-bond donors (Lipinski definition) is 3. The molecule has 0 radical (unpaired) electrons. The molecule has 0 aliphatic heterocycles. The molecule has 12 heavy (non-hydrogen) atoms. The number of thiol groups is 1. The van der Waals surface area contributed by atoms with E-state index in [9.17, 15) is 8.42 Å². The Morgan fingerprint density at radius 1 is 1.25 bits per heavy atom. The molecule has 0 saturated carbocycles. The molecule has 4 nitrogen and oxygen atoms in total. The van der Waals surface area contributed by atoms with E-state index in [2.05, 4.69) is 12.8 Å². The zero-order valence-corrected chi connectivity index (χ0v) is 7.77. The predicted molar refractivity (Wildman–Crippen MR) is 50.2 cm³/mol. The van der Waals surface area contributed by atoms with E-state index in [4.69, 9.17) is 5.73 Å². The van der Waals surface area contributed by atoms with E-state index in [1.54, 1.807) is 0 Å². The highest BCUT2D eigenvalue weighted by Gasteiger charge is 2.09. The smallest absolute Gasteiger partial charge is 0.249 e. The van der Waals surface area contributed by atoms with E-state index in [0.29, 0.717) is 5.69 Å². The van der Waals surface area contributed by atoms with Gasteiger partial charge in [0, 0.05) is 5.69 Å². The number of anilines is 1. The Labute approximate surface area is 76.4 Å². The summed E-state index contributed by atoms with van der Waals surface area (Å²) < 4.78 is 24.1. The maximum atomic E-state index is 11.1. The van der Waals surface area contributed by atoms with E-state index in [1.165, 1.54) is 24.3 Å². The molecule has 6 heteroatoms. The van der Waals surface area contributed by atoms with Crippen molar-refractivity contribution in [2.75, 3.05) is 5.73 Å². The summed E-state index contributed by atoms with van der Waals surface area (Å²) in [6, 6.07) is 5.85. The fourth-order valence-corrected chi connectivity index (χ4v) is 1.62. The lowest BCUT2D eigenvalue weighted by Gasteiger charge is -2.00. The van der Waals surface area contributed by atoms with Crippen LogP contribution in [0.5, 0.6) is 0 Å². The number of benzene rings is 1. The maximum Gasteiger partial charge on any atom is 0.249 e. The van der Waals surface area contributed by atoms with Crippen molar-refractivity contribution in [2.24, 2.45) is 0 Å². The Morgan fingerprint density at radius 3 is 2.17 bits per heavy atom. The highest BCUT2D eigenvalue weighted by molar-refractivity contribution is 8.00. The molecule has 0 amide bonds. The number of rotatable bonds is 2.